The molecule has 2 rings (SSSR count). The van der Waals surface area contributed by atoms with Crippen LogP contribution in [0.3, 0.4) is 0 Å². The molecule has 0 N–H and O–H groups in total. The van der Waals surface area contributed by atoms with Gasteiger partial charge in [0, 0.05) is 30.5 Å². The highest BCUT2D eigenvalue weighted by atomic mass is 35.5. The van der Waals surface area contributed by atoms with E-state index in [0.717, 1.165) is 18.7 Å². The lowest BCUT2D eigenvalue weighted by Gasteiger charge is -2.21. The van der Waals surface area contributed by atoms with Crippen LogP contribution in [0.25, 0.3) is 0 Å². The molecule has 2 nitrogen and oxygen atoms in total. The van der Waals surface area contributed by atoms with Gasteiger partial charge in [0.1, 0.15) is 5.82 Å². The number of hydrogen-bond donors (Lipinski definition) is 0. The second-order valence-corrected chi connectivity index (χ2v) is 6.54. The van der Waals surface area contributed by atoms with Crippen molar-refractivity contribution in [2.24, 2.45) is 5.92 Å². The van der Waals surface area contributed by atoms with E-state index in [1.54, 1.807) is 12.3 Å². The Balaban J connectivity index is 1.94. The minimum absolute atomic E-state index is 0.172. The van der Waals surface area contributed by atoms with Gasteiger partial charge in [0.05, 0.1) is 5.02 Å². The van der Waals surface area contributed by atoms with Crippen molar-refractivity contribution in [3.8, 4) is 0 Å². The number of rotatable bonds is 6. The molecule has 0 saturated carbocycles. The molecule has 0 spiro atoms. The molecule has 0 aliphatic heterocycles. The van der Waals surface area contributed by atoms with Crippen molar-refractivity contribution in [3.05, 3.63) is 63.6 Å². The summed E-state index contributed by atoms with van der Waals surface area (Å²) in [4.78, 5) is 6.33. The van der Waals surface area contributed by atoms with Crippen molar-refractivity contribution in [2.45, 2.75) is 19.9 Å². The molecule has 0 aliphatic carbocycles. The maximum absolute atomic E-state index is 13.6. The van der Waals surface area contributed by atoms with Crippen molar-refractivity contribution >= 4 is 23.2 Å². The molecule has 118 valence electrons. The van der Waals surface area contributed by atoms with Gasteiger partial charge in [-0.15, -0.1) is 0 Å². The fraction of sp³-hybridized carbons (Fsp3) is 0.353. The Kier molecular flexibility index (Phi) is 6.18. The number of nitrogens with zero attached hydrogens (tertiary/aromatic N) is 2. The van der Waals surface area contributed by atoms with Gasteiger partial charge < -0.3 is 4.90 Å². The average molecular weight is 341 g/mol. The van der Waals surface area contributed by atoms with Crippen molar-refractivity contribution in [1.29, 1.82) is 0 Å². The van der Waals surface area contributed by atoms with Crippen molar-refractivity contribution in [2.75, 3.05) is 13.6 Å². The Morgan fingerprint density at radius 2 is 2.09 bits per heavy atom. The predicted octanol–water partition coefficient (Wildman–Crippen LogP) is 4.84. The number of aromatic nitrogens is 1. The topological polar surface area (TPSA) is 16.1 Å². The Morgan fingerprint density at radius 3 is 2.77 bits per heavy atom. The standard InChI is InChI=1S/C17H19Cl2FN2/c1-12(6-14-7-15(18)8-16(20)17(14)19)10-22(2)11-13-4-3-5-21-9-13/h3-5,7-9,12H,6,10-11H2,1-2H3. The molecule has 22 heavy (non-hydrogen) atoms. The molecule has 5 heteroatoms. The molecule has 0 amide bonds. The molecule has 1 aromatic heterocycles. The van der Waals surface area contributed by atoms with E-state index in [1.807, 2.05) is 12.3 Å². The molecule has 0 radical (unpaired) electrons. The summed E-state index contributed by atoms with van der Waals surface area (Å²) < 4.78 is 13.6. The molecule has 0 aliphatic rings. The van der Waals surface area contributed by atoms with E-state index in [9.17, 15) is 4.39 Å². The molecule has 1 unspecified atom stereocenters. The summed E-state index contributed by atoms with van der Waals surface area (Å²) in [5, 5.41) is 0.555. The average Bonchev–Trinajstić information content (AvgIpc) is 2.45. The van der Waals surface area contributed by atoms with Crippen molar-refractivity contribution in [1.82, 2.24) is 9.88 Å². The maximum atomic E-state index is 13.6. The third kappa shape index (κ3) is 4.94. The number of hydrogen-bond acceptors (Lipinski definition) is 2. The van der Waals surface area contributed by atoms with Crippen LogP contribution < -0.4 is 0 Å². The summed E-state index contributed by atoms with van der Waals surface area (Å²) in [6, 6.07) is 6.97. The van der Waals surface area contributed by atoms with Crippen LogP contribution >= 0.6 is 23.2 Å². The summed E-state index contributed by atoms with van der Waals surface area (Å²) in [5.74, 6) is -0.128. The summed E-state index contributed by atoms with van der Waals surface area (Å²) in [6.45, 7) is 3.82. The predicted molar refractivity (Wildman–Crippen MR) is 89.9 cm³/mol. The second-order valence-electron chi connectivity index (χ2n) is 5.73. The first-order valence-corrected chi connectivity index (χ1v) is 7.92. The first-order valence-electron chi connectivity index (χ1n) is 7.16. The SMILES string of the molecule is CC(Cc1cc(Cl)cc(F)c1Cl)CN(C)Cc1cccnc1. The number of halogens is 3. The van der Waals surface area contributed by atoms with Crippen molar-refractivity contribution < 1.29 is 4.39 Å². The van der Waals surface area contributed by atoms with Crippen LogP contribution in [0.2, 0.25) is 10.0 Å². The monoisotopic (exact) mass is 340 g/mol. The molecule has 1 heterocycles. The summed E-state index contributed by atoms with van der Waals surface area (Å²) in [6.07, 6.45) is 4.32. The Morgan fingerprint density at radius 1 is 1.32 bits per heavy atom. The Hall–Kier alpha value is -1.16. The zero-order valence-electron chi connectivity index (χ0n) is 12.7. The quantitative estimate of drug-likeness (QED) is 0.699. The van der Waals surface area contributed by atoms with Gasteiger partial charge in [0.2, 0.25) is 0 Å². The zero-order chi connectivity index (χ0) is 16.1. The van der Waals surface area contributed by atoms with Gasteiger partial charge in [-0.05, 0) is 48.7 Å². The third-order valence-corrected chi connectivity index (χ3v) is 4.08. The van der Waals surface area contributed by atoms with Crippen molar-refractivity contribution in [3.63, 3.8) is 0 Å². The molecular weight excluding hydrogens is 322 g/mol. The van der Waals surface area contributed by atoms with E-state index in [2.05, 4.69) is 29.9 Å². The lowest BCUT2D eigenvalue weighted by Crippen LogP contribution is -2.25. The highest BCUT2D eigenvalue weighted by Gasteiger charge is 2.13. The molecule has 2 aromatic rings. The van der Waals surface area contributed by atoms with E-state index >= 15 is 0 Å². The van der Waals surface area contributed by atoms with E-state index < -0.39 is 5.82 Å². The summed E-state index contributed by atoms with van der Waals surface area (Å²) in [7, 11) is 2.06. The van der Waals surface area contributed by atoms with E-state index in [-0.39, 0.29) is 5.02 Å². The lowest BCUT2D eigenvalue weighted by atomic mass is 10.0. The van der Waals surface area contributed by atoms with Crippen LogP contribution in [-0.2, 0) is 13.0 Å². The molecular formula is C17H19Cl2FN2. The third-order valence-electron chi connectivity index (χ3n) is 3.44. The van der Waals surface area contributed by atoms with Gasteiger partial charge in [0.25, 0.3) is 0 Å². The highest BCUT2D eigenvalue weighted by Crippen LogP contribution is 2.27. The second kappa shape index (κ2) is 7.91. The fourth-order valence-corrected chi connectivity index (χ4v) is 3.01. The first kappa shape index (κ1) is 17.2. The van der Waals surface area contributed by atoms with E-state index in [0.29, 0.717) is 17.4 Å². The van der Waals surface area contributed by atoms with Gasteiger partial charge in [-0.1, -0.05) is 36.2 Å². The highest BCUT2D eigenvalue weighted by molar-refractivity contribution is 6.33. The van der Waals surface area contributed by atoms with E-state index in [4.69, 9.17) is 23.2 Å². The Bertz CT molecular complexity index is 620. The van der Waals surface area contributed by atoms with Gasteiger partial charge in [-0.25, -0.2) is 4.39 Å². The van der Waals surface area contributed by atoms with Crippen LogP contribution in [0.15, 0.2) is 36.7 Å². The van der Waals surface area contributed by atoms with Gasteiger partial charge in [0.15, 0.2) is 0 Å². The minimum Gasteiger partial charge on any atom is -0.302 e. The number of pyridine rings is 1. The summed E-state index contributed by atoms with van der Waals surface area (Å²) in [5.41, 5.74) is 1.93. The van der Waals surface area contributed by atoms with Crippen LogP contribution in [0.4, 0.5) is 4.39 Å². The van der Waals surface area contributed by atoms with Gasteiger partial charge >= 0.3 is 0 Å². The Labute approximate surface area is 140 Å². The fourth-order valence-electron chi connectivity index (χ4n) is 2.60. The molecule has 0 bridgehead atoms. The molecule has 0 fully saturated rings. The lowest BCUT2D eigenvalue weighted by molar-refractivity contribution is 0.277. The molecule has 1 aromatic carbocycles. The van der Waals surface area contributed by atoms with Gasteiger partial charge in [-0.2, -0.15) is 0 Å². The van der Waals surface area contributed by atoms with E-state index in [1.165, 1.54) is 11.6 Å². The van der Waals surface area contributed by atoms with Crippen LogP contribution in [-0.4, -0.2) is 23.5 Å². The minimum atomic E-state index is -0.458. The smallest absolute Gasteiger partial charge is 0.143 e. The maximum Gasteiger partial charge on any atom is 0.143 e. The van der Waals surface area contributed by atoms with Crippen LogP contribution in [0, 0.1) is 11.7 Å². The normalized spacial score (nSPS) is 12.6. The molecule has 1 atom stereocenters. The molecule has 0 saturated heterocycles. The van der Waals surface area contributed by atoms with Crippen LogP contribution in [0.1, 0.15) is 18.1 Å². The number of benzene rings is 1. The van der Waals surface area contributed by atoms with Gasteiger partial charge in [-0.3, -0.25) is 4.98 Å². The first-order chi connectivity index (χ1) is 10.5. The largest absolute Gasteiger partial charge is 0.302 e. The summed E-state index contributed by atoms with van der Waals surface area (Å²) >= 11 is 11.9. The zero-order valence-corrected chi connectivity index (χ0v) is 14.2. The van der Waals surface area contributed by atoms with Crippen LogP contribution in [0.5, 0.6) is 0 Å².